The second-order valence-corrected chi connectivity index (χ2v) is 15.1. The van der Waals surface area contributed by atoms with E-state index in [1.807, 2.05) is 0 Å². The zero-order valence-corrected chi connectivity index (χ0v) is 32.8. The van der Waals surface area contributed by atoms with Crippen molar-refractivity contribution in [2.45, 2.75) is 229 Å². The molecule has 9 unspecified atom stereocenters. The number of allylic oxidation sites excluding steroid dienone is 2. The van der Waals surface area contributed by atoms with Gasteiger partial charge in [0, 0.05) is 0 Å². The summed E-state index contributed by atoms with van der Waals surface area (Å²) in [5, 5.41) is 75.2. The molecule has 0 radical (unpaired) electrons. The topological polar surface area (TPSA) is 189 Å². The molecule has 0 saturated carbocycles. The minimum Gasteiger partial charge on any atom is -0.394 e. The summed E-state index contributed by atoms with van der Waals surface area (Å²) in [6.07, 6.45) is 20.0. The maximum absolute atomic E-state index is 12.9. The highest BCUT2D eigenvalue weighted by atomic mass is 16.7. The van der Waals surface area contributed by atoms with E-state index >= 15 is 0 Å². The molecule has 1 fully saturated rings. The van der Waals surface area contributed by atoms with Crippen LogP contribution in [-0.2, 0) is 14.3 Å². The number of hydrogen-bond donors (Lipinski definition) is 8. The predicted octanol–water partition coefficient (Wildman–Crippen LogP) is 5.72. The number of carbonyl (C=O) groups excluding carboxylic acids is 1. The molecule has 308 valence electrons. The van der Waals surface area contributed by atoms with Crippen LogP contribution < -0.4 is 5.32 Å². The van der Waals surface area contributed by atoms with Gasteiger partial charge in [0.25, 0.3) is 0 Å². The van der Waals surface area contributed by atoms with Crippen molar-refractivity contribution in [1.29, 1.82) is 0 Å². The molecule has 0 aromatic rings. The van der Waals surface area contributed by atoms with Crippen LogP contribution in [0.25, 0.3) is 0 Å². The van der Waals surface area contributed by atoms with Crippen LogP contribution in [0.1, 0.15) is 174 Å². The molecule has 1 amide bonds. The average molecular weight is 746 g/mol. The Balaban J connectivity index is 2.50. The zero-order valence-electron chi connectivity index (χ0n) is 32.8. The Hall–Kier alpha value is -1.15. The predicted molar refractivity (Wildman–Crippen MR) is 206 cm³/mol. The number of rotatable bonds is 34. The highest BCUT2D eigenvalue weighted by Crippen LogP contribution is 2.23. The number of carbonyl (C=O) groups is 1. The van der Waals surface area contributed by atoms with Gasteiger partial charge in [-0.25, -0.2) is 0 Å². The quantitative estimate of drug-likeness (QED) is 0.0299. The number of aliphatic hydroxyl groups excluding tert-OH is 7. The van der Waals surface area contributed by atoms with Crippen molar-refractivity contribution in [3.63, 3.8) is 0 Å². The average Bonchev–Trinajstić information content (AvgIpc) is 3.14. The molecule has 11 heteroatoms. The van der Waals surface area contributed by atoms with Crippen molar-refractivity contribution < 1.29 is 50.0 Å². The highest BCUT2D eigenvalue weighted by Gasteiger charge is 2.44. The third-order valence-corrected chi connectivity index (χ3v) is 10.3. The third-order valence-electron chi connectivity index (χ3n) is 10.3. The van der Waals surface area contributed by atoms with Gasteiger partial charge < -0.3 is 50.5 Å². The van der Waals surface area contributed by atoms with E-state index in [9.17, 15) is 40.5 Å². The van der Waals surface area contributed by atoms with Gasteiger partial charge in [-0.15, -0.1) is 0 Å². The molecule has 0 aromatic heterocycles. The number of amides is 1. The van der Waals surface area contributed by atoms with E-state index in [4.69, 9.17) is 9.47 Å². The molecule has 0 aromatic carbocycles. The maximum Gasteiger partial charge on any atom is 0.249 e. The first kappa shape index (κ1) is 48.9. The lowest BCUT2D eigenvalue weighted by molar-refractivity contribution is -0.303. The summed E-state index contributed by atoms with van der Waals surface area (Å²) >= 11 is 0. The van der Waals surface area contributed by atoms with Gasteiger partial charge in [-0.05, 0) is 38.5 Å². The summed E-state index contributed by atoms with van der Waals surface area (Å²) in [6.45, 7) is 3.36. The molecule has 0 aliphatic carbocycles. The molecule has 1 heterocycles. The molecule has 8 N–H and O–H groups in total. The summed E-state index contributed by atoms with van der Waals surface area (Å²) in [5.74, 6) is -0.711. The van der Waals surface area contributed by atoms with E-state index in [0.29, 0.717) is 12.8 Å². The summed E-state index contributed by atoms with van der Waals surface area (Å²) in [7, 11) is 0. The van der Waals surface area contributed by atoms with E-state index in [1.54, 1.807) is 0 Å². The lowest BCUT2D eigenvalue weighted by Crippen LogP contribution is -2.60. The van der Waals surface area contributed by atoms with Crippen molar-refractivity contribution in [3.05, 3.63) is 12.2 Å². The first-order valence-corrected chi connectivity index (χ1v) is 21.1. The van der Waals surface area contributed by atoms with E-state index in [2.05, 4.69) is 31.3 Å². The largest absolute Gasteiger partial charge is 0.394 e. The van der Waals surface area contributed by atoms with Crippen LogP contribution in [0.15, 0.2) is 12.2 Å². The van der Waals surface area contributed by atoms with E-state index in [1.165, 1.54) is 96.3 Å². The van der Waals surface area contributed by atoms with Crippen LogP contribution in [0.3, 0.4) is 0 Å². The van der Waals surface area contributed by atoms with Crippen molar-refractivity contribution in [1.82, 2.24) is 5.32 Å². The SMILES string of the molecule is CCCCCCCCCCCCCC/C=C/CCCC(O)C(O)C(COC1OC(CO)C(O)C(O)C1O)NC(=O)C(O)CCCCCCCCCC. The van der Waals surface area contributed by atoms with Crippen molar-refractivity contribution in [2.75, 3.05) is 13.2 Å². The third kappa shape index (κ3) is 22.3. The Labute approximate surface area is 315 Å². The summed E-state index contributed by atoms with van der Waals surface area (Å²) in [4.78, 5) is 12.9. The molecule has 0 bridgehead atoms. The van der Waals surface area contributed by atoms with Gasteiger partial charge in [0.15, 0.2) is 6.29 Å². The Morgan fingerprint density at radius 1 is 0.654 bits per heavy atom. The molecule has 9 atom stereocenters. The van der Waals surface area contributed by atoms with Crippen LogP contribution in [0.4, 0.5) is 0 Å². The van der Waals surface area contributed by atoms with E-state index < -0.39 is 74.2 Å². The maximum atomic E-state index is 12.9. The van der Waals surface area contributed by atoms with Crippen LogP contribution in [0, 0.1) is 0 Å². The van der Waals surface area contributed by atoms with Crippen LogP contribution in [0.2, 0.25) is 0 Å². The number of ether oxygens (including phenoxy) is 2. The van der Waals surface area contributed by atoms with Gasteiger partial charge >= 0.3 is 0 Å². The monoisotopic (exact) mass is 746 g/mol. The molecule has 52 heavy (non-hydrogen) atoms. The first-order valence-electron chi connectivity index (χ1n) is 21.1. The fourth-order valence-corrected chi connectivity index (χ4v) is 6.73. The second-order valence-electron chi connectivity index (χ2n) is 15.1. The van der Waals surface area contributed by atoms with Gasteiger partial charge in [-0.3, -0.25) is 4.79 Å². The van der Waals surface area contributed by atoms with Crippen LogP contribution >= 0.6 is 0 Å². The van der Waals surface area contributed by atoms with E-state index in [0.717, 1.165) is 38.5 Å². The Bertz CT molecular complexity index is 861. The molecular formula is C41H79NO10. The van der Waals surface area contributed by atoms with Gasteiger partial charge in [0.05, 0.1) is 25.4 Å². The fraction of sp³-hybridized carbons (Fsp3) is 0.927. The van der Waals surface area contributed by atoms with Gasteiger partial charge in [0.2, 0.25) is 5.91 Å². The second kappa shape index (κ2) is 32.1. The van der Waals surface area contributed by atoms with Gasteiger partial charge in [-0.1, -0.05) is 148 Å². The summed E-state index contributed by atoms with van der Waals surface area (Å²) in [5.41, 5.74) is 0. The number of aliphatic hydroxyl groups is 7. The number of nitrogens with one attached hydrogen (secondary N) is 1. The minimum absolute atomic E-state index is 0.255. The molecular weight excluding hydrogens is 666 g/mol. The van der Waals surface area contributed by atoms with Gasteiger partial charge in [0.1, 0.15) is 36.6 Å². The Morgan fingerprint density at radius 3 is 1.65 bits per heavy atom. The smallest absolute Gasteiger partial charge is 0.249 e. The summed E-state index contributed by atoms with van der Waals surface area (Å²) < 4.78 is 11.0. The zero-order chi connectivity index (χ0) is 38.4. The molecule has 1 aliphatic heterocycles. The lowest BCUT2D eigenvalue weighted by atomic mass is 9.98. The first-order chi connectivity index (χ1) is 25.2. The van der Waals surface area contributed by atoms with Crippen molar-refractivity contribution in [2.24, 2.45) is 0 Å². The highest BCUT2D eigenvalue weighted by molar-refractivity contribution is 5.80. The molecule has 1 saturated heterocycles. The lowest BCUT2D eigenvalue weighted by Gasteiger charge is -2.40. The summed E-state index contributed by atoms with van der Waals surface area (Å²) in [6, 6.07) is -1.18. The normalized spacial score (nSPS) is 23.1. The van der Waals surface area contributed by atoms with E-state index in [-0.39, 0.29) is 12.8 Å². The Morgan fingerprint density at radius 2 is 1.13 bits per heavy atom. The molecule has 1 aliphatic rings. The standard InChI is InChI=1S/C41H79NO10/c1-3-5-7-9-11-13-14-15-16-17-18-19-20-21-23-24-26-28-33(44)36(46)32(31-51-41-39(49)38(48)37(47)35(30-43)52-41)42-40(50)34(45)29-27-25-22-12-10-8-6-4-2/h21,23,32-39,41,43-49H,3-20,22,24-31H2,1-2H3,(H,42,50)/b23-21+. The minimum atomic E-state index is -1.66. The fourth-order valence-electron chi connectivity index (χ4n) is 6.73. The number of unbranched alkanes of at least 4 members (excludes halogenated alkanes) is 20. The van der Waals surface area contributed by atoms with Crippen LogP contribution in [-0.4, -0.2) is 110 Å². The number of hydrogen-bond acceptors (Lipinski definition) is 10. The van der Waals surface area contributed by atoms with Crippen LogP contribution in [0.5, 0.6) is 0 Å². The molecule has 0 spiro atoms. The van der Waals surface area contributed by atoms with Gasteiger partial charge in [-0.2, -0.15) is 0 Å². The molecule has 11 nitrogen and oxygen atoms in total. The molecule has 1 rings (SSSR count). The Kier molecular flexibility index (Phi) is 30.2. The van der Waals surface area contributed by atoms with Crippen molar-refractivity contribution >= 4 is 5.91 Å². The van der Waals surface area contributed by atoms with Crippen molar-refractivity contribution in [3.8, 4) is 0 Å².